The summed E-state index contributed by atoms with van der Waals surface area (Å²) in [5.41, 5.74) is 0.0917. The van der Waals surface area contributed by atoms with E-state index in [2.05, 4.69) is 0 Å². The molecule has 0 saturated carbocycles. The maximum absolute atomic E-state index is 12.9. The molecule has 8 heteroatoms. The molecule has 0 atom stereocenters. The van der Waals surface area contributed by atoms with Crippen molar-refractivity contribution >= 4 is 11.0 Å². The van der Waals surface area contributed by atoms with Crippen LogP contribution in [0.2, 0.25) is 0 Å². The molecule has 0 bridgehead atoms. The summed E-state index contributed by atoms with van der Waals surface area (Å²) >= 11 is 0. The first-order valence-electron chi connectivity index (χ1n) is 7.82. The number of phenols is 2. The maximum atomic E-state index is 12.9. The molecule has 0 aliphatic heterocycles. The van der Waals surface area contributed by atoms with Crippen LogP contribution in [0.3, 0.4) is 0 Å². The highest BCUT2D eigenvalue weighted by Gasteiger charge is 2.21. The first kappa shape index (κ1) is 18.2. The van der Waals surface area contributed by atoms with Gasteiger partial charge in [-0.3, -0.25) is 4.79 Å². The molecule has 3 aromatic rings. The molecule has 3 rings (SSSR count). The Morgan fingerprint density at radius 1 is 0.815 bits per heavy atom. The van der Waals surface area contributed by atoms with Gasteiger partial charge < -0.3 is 33.6 Å². The molecule has 2 N–H and O–H groups in total. The Labute approximate surface area is 154 Å². The molecule has 1 heterocycles. The van der Waals surface area contributed by atoms with Crippen LogP contribution < -0.4 is 24.4 Å². The van der Waals surface area contributed by atoms with Crippen molar-refractivity contribution in [1.82, 2.24) is 0 Å². The van der Waals surface area contributed by atoms with Gasteiger partial charge in [0.2, 0.25) is 16.9 Å². The van der Waals surface area contributed by atoms with Gasteiger partial charge in [0.15, 0.2) is 28.8 Å². The van der Waals surface area contributed by atoms with Gasteiger partial charge in [0, 0.05) is 11.6 Å². The number of phenolic OH excluding ortho intramolecular Hbond substituents is 2. The molecular weight excluding hydrogens is 356 g/mol. The van der Waals surface area contributed by atoms with Crippen LogP contribution in [0.25, 0.3) is 22.3 Å². The summed E-state index contributed by atoms with van der Waals surface area (Å²) in [6.45, 7) is 0. The van der Waals surface area contributed by atoms with Crippen molar-refractivity contribution in [1.29, 1.82) is 0 Å². The Hall–Kier alpha value is -3.55. The van der Waals surface area contributed by atoms with E-state index in [4.69, 9.17) is 23.4 Å². The average molecular weight is 374 g/mol. The Morgan fingerprint density at radius 3 is 2.04 bits per heavy atom. The van der Waals surface area contributed by atoms with Crippen molar-refractivity contribution in [3.05, 3.63) is 34.5 Å². The molecule has 0 radical (unpaired) electrons. The number of methoxy groups -OCH3 is 4. The molecule has 2 aromatic carbocycles. The predicted molar refractivity (Wildman–Crippen MR) is 97.5 cm³/mol. The van der Waals surface area contributed by atoms with E-state index in [1.807, 2.05) is 0 Å². The van der Waals surface area contributed by atoms with E-state index in [-0.39, 0.29) is 33.8 Å². The van der Waals surface area contributed by atoms with Crippen molar-refractivity contribution in [2.45, 2.75) is 0 Å². The third kappa shape index (κ3) is 2.95. The minimum Gasteiger partial charge on any atom is -0.504 e. The number of aromatic hydroxyl groups is 2. The van der Waals surface area contributed by atoms with Crippen LogP contribution in [0, 0.1) is 0 Å². The largest absolute Gasteiger partial charge is 0.504 e. The lowest BCUT2D eigenvalue weighted by atomic mass is 10.1. The first-order chi connectivity index (χ1) is 12.9. The van der Waals surface area contributed by atoms with E-state index in [1.54, 1.807) is 0 Å². The zero-order valence-electron chi connectivity index (χ0n) is 15.2. The minimum absolute atomic E-state index is 0.0158. The molecule has 0 aliphatic rings. The fraction of sp³-hybridized carbons (Fsp3) is 0.211. The topological polar surface area (TPSA) is 108 Å². The SMILES string of the molecule is COc1cc2oc(-c3cc(O)c(O)c(OC)c3)c(OC)c(=O)c2cc1OC. The monoisotopic (exact) mass is 374 g/mol. The Morgan fingerprint density at radius 2 is 1.44 bits per heavy atom. The highest BCUT2D eigenvalue weighted by atomic mass is 16.5. The quantitative estimate of drug-likeness (QED) is 0.657. The van der Waals surface area contributed by atoms with Crippen molar-refractivity contribution < 1.29 is 33.6 Å². The van der Waals surface area contributed by atoms with Gasteiger partial charge in [-0.15, -0.1) is 0 Å². The number of hydrogen-bond acceptors (Lipinski definition) is 8. The molecule has 0 saturated heterocycles. The summed E-state index contributed by atoms with van der Waals surface area (Å²) in [7, 11) is 5.60. The van der Waals surface area contributed by atoms with Crippen molar-refractivity contribution in [2.75, 3.05) is 28.4 Å². The highest BCUT2D eigenvalue weighted by Crippen LogP contribution is 2.42. The molecule has 0 aliphatic carbocycles. The molecule has 8 nitrogen and oxygen atoms in total. The van der Waals surface area contributed by atoms with E-state index in [0.717, 1.165) is 0 Å². The molecule has 27 heavy (non-hydrogen) atoms. The fourth-order valence-corrected chi connectivity index (χ4v) is 2.76. The second-order valence-corrected chi connectivity index (χ2v) is 5.54. The molecule has 0 unspecified atom stereocenters. The van der Waals surface area contributed by atoms with E-state index in [1.165, 1.54) is 52.7 Å². The standard InChI is InChI=1S/C19H18O8/c1-23-13-7-10-12(8-14(13)24-2)27-18(19(26-4)16(10)21)9-5-11(20)17(22)15(6-9)25-3/h5-8,20,22H,1-4H3. The molecule has 0 fully saturated rings. The Kier molecular flexibility index (Phi) is 4.72. The van der Waals surface area contributed by atoms with Gasteiger partial charge in [0.1, 0.15) is 5.58 Å². The lowest BCUT2D eigenvalue weighted by Crippen LogP contribution is -2.08. The smallest absolute Gasteiger partial charge is 0.235 e. The Bertz CT molecular complexity index is 1070. The van der Waals surface area contributed by atoms with Crippen LogP contribution >= 0.6 is 0 Å². The third-order valence-corrected chi connectivity index (χ3v) is 4.10. The summed E-state index contributed by atoms with van der Waals surface area (Å²) in [6, 6.07) is 5.69. The number of rotatable bonds is 5. The molecule has 0 spiro atoms. The van der Waals surface area contributed by atoms with Crippen LogP contribution in [0.1, 0.15) is 0 Å². The van der Waals surface area contributed by atoms with Crippen LogP contribution in [0.5, 0.6) is 34.5 Å². The van der Waals surface area contributed by atoms with E-state index < -0.39 is 16.9 Å². The second kappa shape index (κ2) is 6.99. The normalized spacial score (nSPS) is 10.7. The number of ether oxygens (including phenoxy) is 4. The van der Waals surface area contributed by atoms with Gasteiger partial charge in [-0.25, -0.2) is 0 Å². The average Bonchev–Trinajstić information content (AvgIpc) is 2.68. The summed E-state index contributed by atoms with van der Waals surface area (Å²) in [5, 5.41) is 20.0. The van der Waals surface area contributed by atoms with Gasteiger partial charge >= 0.3 is 0 Å². The fourth-order valence-electron chi connectivity index (χ4n) is 2.76. The summed E-state index contributed by atoms with van der Waals surface area (Å²) in [5.74, 6) is -0.0811. The van der Waals surface area contributed by atoms with Crippen LogP contribution in [0.4, 0.5) is 0 Å². The zero-order valence-corrected chi connectivity index (χ0v) is 15.2. The first-order valence-corrected chi connectivity index (χ1v) is 7.82. The van der Waals surface area contributed by atoms with Gasteiger partial charge in [-0.1, -0.05) is 0 Å². The summed E-state index contributed by atoms with van der Waals surface area (Å²) < 4.78 is 26.6. The maximum Gasteiger partial charge on any atom is 0.235 e. The zero-order chi connectivity index (χ0) is 19.7. The number of benzene rings is 2. The van der Waals surface area contributed by atoms with Crippen molar-refractivity contribution in [3.63, 3.8) is 0 Å². The van der Waals surface area contributed by atoms with Crippen LogP contribution in [-0.4, -0.2) is 38.7 Å². The molecular formula is C19H18O8. The van der Waals surface area contributed by atoms with Gasteiger partial charge in [0.25, 0.3) is 0 Å². The predicted octanol–water partition coefficient (Wildman–Crippen LogP) is 2.91. The Balaban J connectivity index is 2.37. The van der Waals surface area contributed by atoms with Crippen LogP contribution in [-0.2, 0) is 0 Å². The van der Waals surface area contributed by atoms with Gasteiger partial charge in [0.05, 0.1) is 33.8 Å². The lowest BCUT2D eigenvalue weighted by Gasteiger charge is -2.13. The number of hydrogen-bond donors (Lipinski definition) is 2. The third-order valence-electron chi connectivity index (χ3n) is 4.10. The van der Waals surface area contributed by atoms with Gasteiger partial charge in [-0.2, -0.15) is 0 Å². The lowest BCUT2D eigenvalue weighted by molar-refractivity contribution is 0.350. The highest BCUT2D eigenvalue weighted by molar-refractivity contribution is 5.85. The molecule has 142 valence electrons. The molecule has 1 aromatic heterocycles. The van der Waals surface area contributed by atoms with Crippen molar-refractivity contribution in [2.24, 2.45) is 0 Å². The van der Waals surface area contributed by atoms with E-state index >= 15 is 0 Å². The van der Waals surface area contributed by atoms with Gasteiger partial charge in [-0.05, 0) is 18.2 Å². The van der Waals surface area contributed by atoms with E-state index in [9.17, 15) is 15.0 Å². The molecule has 0 amide bonds. The van der Waals surface area contributed by atoms with Crippen molar-refractivity contribution in [3.8, 4) is 45.8 Å². The second-order valence-electron chi connectivity index (χ2n) is 5.54. The summed E-state index contributed by atoms with van der Waals surface area (Å²) in [6.07, 6.45) is 0. The van der Waals surface area contributed by atoms with E-state index in [0.29, 0.717) is 11.5 Å². The summed E-state index contributed by atoms with van der Waals surface area (Å²) in [4.78, 5) is 12.9. The van der Waals surface area contributed by atoms with Crippen LogP contribution in [0.15, 0.2) is 33.5 Å². The minimum atomic E-state index is -0.429. The number of fused-ring (bicyclic) bond motifs is 1.